The number of nitrogens with one attached hydrogen (secondary N) is 2. The minimum atomic E-state index is 0.0968. The zero-order valence-electron chi connectivity index (χ0n) is 10.3. The zero-order valence-corrected chi connectivity index (χ0v) is 10.3. The van der Waals surface area contributed by atoms with Gasteiger partial charge in [0, 0.05) is 22.6 Å². The highest BCUT2D eigenvalue weighted by molar-refractivity contribution is 5.84. The van der Waals surface area contributed by atoms with Crippen LogP contribution in [0.5, 0.6) is 0 Å². The van der Waals surface area contributed by atoms with E-state index in [0.717, 1.165) is 12.8 Å². The molecule has 2 heteroatoms. The quantitative estimate of drug-likeness (QED) is 0.805. The third-order valence-corrected chi connectivity index (χ3v) is 3.79. The highest BCUT2D eigenvalue weighted by atomic mass is 14.9. The Morgan fingerprint density at radius 1 is 1.19 bits per heavy atom. The van der Waals surface area contributed by atoms with Crippen molar-refractivity contribution in [1.29, 1.82) is 0 Å². The van der Waals surface area contributed by atoms with E-state index in [-0.39, 0.29) is 5.54 Å². The number of rotatable bonds is 4. The van der Waals surface area contributed by atoms with Gasteiger partial charge in [-0.1, -0.05) is 32.0 Å². The number of hydrogen-bond acceptors (Lipinski definition) is 1. The number of para-hydroxylation sites is 1. The van der Waals surface area contributed by atoms with Crippen molar-refractivity contribution in [2.24, 2.45) is 0 Å². The number of aromatic amines is 1. The second-order valence-electron chi connectivity index (χ2n) is 4.29. The molecule has 0 saturated heterocycles. The summed E-state index contributed by atoms with van der Waals surface area (Å²) in [7, 11) is 2.05. The monoisotopic (exact) mass is 216 g/mol. The van der Waals surface area contributed by atoms with Crippen LogP contribution < -0.4 is 5.32 Å². The summed E-state index contributed by atoms with van der Waals surface area (Å²) in [4.78, 5) is 3.36. The summed E-state index contributed by atoms with van der Waals surface area (Å²) in [6.07, 6.45) is 4.35. The molecule has 0 radical (unpaired) electrons. The average molecular weight is 216 g/mol. The second-order valence-corrected chi connectivity index (χ2v) is 4.29. The molecule has 0 atom stereocenters. The predicted molar refractivity (Wildman–Crippen MR) is 69.6 cm³/mol. The predicted octanol–water partition coefficient (Wildman–Crippen LogP) is 3.40. The van der Waals surface area contributed by atoms with Gasteiger partial charge >= 0.3 is 0 Å². The molecule has 0 unspecified atom stereocenters. The minimum absolute atomic E-state index is 0.0968. The van der Waals surface area contributed by atoms with Crippen LogP contribution in [0.2, 0.25) is 0 Å². The lowest BCUT2D eigenvalue weighted by molar-refractivity contribution is 0.337. The fraction of sp³-hybridized carbons (Fsp3) is 0.429. The number of benzene rings is 1. The maximum Gasteiger partial charge on any atom is 0.0457 e. The van der Waals surface area contributed by atoms with Crippen LogP contribution in [0.25, 0.3) is 10.9 Å². The van der Waals surface area contributed by atoms with Gasteiger partial charge in [-0.05, 0) is 31.5 Å². The van der Waals surface area contributed by atoms with E-state index in [1.54, 1.807) is 0 Å². The Morgan fingerprint density at radius 2 is 1.88 bits per heavy atom. The molecule has 0 amide bonds. The van der Waals surface area contributed by atoms with Crippen molar-refractivity contribution < 1.29 is 0 Å². The molecule has 2 N–H and O–H groups in total. The van der Waals surface area contributed by atoms with Crippen molar-refractivity contribution in [1.82, 2.24) is 10.3 Å². The van der Waals surface area contributed by atoms with Crippen LogP contribution >= 0.6 is 0 Å². The minimum Gasteiger partial charge on any atom is -0.361 e. The Kier molecular flexibility index (Phi) is 3.01. The highest BCUT2D eigenvalue weighted by Crippen LogP contribution is 2.33. The van der Waals surface area contributed by atoms with Gasteiger partial charge in [0.25, 0.3) is 0 Å². The summed E-state index contributed by atoms with van der Waals surface area (Å²) < 4.78 is 0. The molecule has 0 aliphatic heterocycles. The van der Waals surface area contributed by atoms with Crippen LogP contribution in [0.4, 0.5) is 0 Å². The van der Waals surface area contributed by atoms with Crippen molar-refractivity contribution >= 4 is 10.9 Å². The maximum atomic E-state index is 3.49. The molecule has 2 aromatic rings. The van der Waals surface area contributed by atoms with E-state index in [0.29, 0.717) is 0 Å². The Labute approximate surface area is 97.1 Å². The third kappa shape index (κ3) is 1.54. The summed E-state index contributed by atoms with van der Waals surface area (Å²) >= 11 is 0. The average Bonchev–Trinajstić information content (AvgIpc) is 2.77. The Hall–Kier alpha value is -1.28. The lowest BCUT2D eigenvalue weighted by Gasteiger charge is -2.31. The van der Waals surface area contributed by atoms with E-state index in [2.05, 4.69) is 61.7 Å². The van der Waals surface area contributed by atoms with Crippen LogP contribution in [0.1, 0.15) is 32.3 Å². The van der Waals surface area contributed by atoms with E-state index in [1.807, 2.05) is 0 Å². The number of fused-ring (bicyclic) bond motifs is 1. The molecule has 0 fully saturated rings. The van der Waals surface area contributed by atoms with Gasteiger partial charge in [-0.2, -0.15) is 0 Å². The molecule has 16 heavy (non-hydrogen) atoms. The third-order valence-electron chi connectivity index (χ3n) is 3.79. The molecule has 0 aliphatic rings. The van der Waals surface area contributed by atoms with Gasteiger partial charge in [0.05, 0.1) is 0 Å². The molecule has 0 spiro atoms. The topological polar surface area (TPSA) is 27.8 Å². The lowest BCUT2D eigenvalue weighted by atomic mass is 9.85. The molecular weight excluding hydrogens is 196 g/mol. The summed E-state index contributed by atoms with van der Waals surface area (Å²) in [6, 6.07) is 8.50. The first-order chi connectivity index (χ1) is 7.77. The number of aromatic nitrogens is 1. The fourth-order valence-electron chi connectivity index (χ4n) is 2.59. The standard InChI is InChI=1S/C14H20N2/c1-4-14(5-2,15-3)12-10-16-13-9-7-6-8-11(12)13/h6-10,15-16H,4-5H2,1-3H3. The molecule has 1 aromatic carbocycles. The first kappa shape index (κ1) is 11.2. The van der Waals surface area contributed by atoms with Crippen LogP contribution in [0.3, 0.4) is 0 Å². The van der Waals surface area contributed by atoms with E-state index in [4.69, 9.17) is 0 Å². The highest BCUT2D eigenvalue weighted by Gasteiger charge is 2.28. The molecule has 0 aliphatic carbocycles. The van der Waals surface area contributed by atoms with E-state index in [1.165, 1.54) is 16.5 Å². The van der Waals surface area contributed by atoms with Crippen LogP contribution in [-0.4, -0.2) is 12.0 Å². The molecule has 2 nitrogen and oxygen atoms in total. The summed E-state index contributed by atoms with van der Waals surface area (Å²) in [6.45, 7) is 4.48. The van der Waals surface area contributed by atoms with Crippen molar-refractivity contribution in [3.8, 4) is 0 Å². The Morgan fingerprint density at radius 3 is 2.50 bits per heavy atom. The summed E-state index contributed by atoms with van der Waals surface area (Å²) in [5.41, 5.74) is 2.70. The zero-order chi connectivity index (χ0) is 11.6. The fourth-order valence-corrected chi connectivity index (χ4v) is 2.59. The normalized spacial score (nSPS) is 12.2. The molecule has 0 saturated carbocycles. The summed E-state index contributed by atoms with van der Waals surface area (Å²) in [5, 5.41) is 4.82. The van der Waals surface area contributed by atoms with E-state index < -0.39 is 0 Å². The van der Waals surface area contributed by atoms with E-state index in [9.17, 15) is 0 Å². The van der Waals surface area contributed by atoms with Crippen molar-refractivity contribution in [3.63, 3.8) is 0 Å². The van der Waals surface area contributed by atoms with Gasteiger partial charge < -0.3 is 10.3 Å². The molecule has 2 rings (SSSR count). The Bertz CT molecular complexity index is 458. The lowest BCUT2D eigenvalue weighted by Crippen LogP contribution is -2.38. The largest absolute Gasteiger partial charge is 0.361 e. The van der Waals surface area contributed by atoms with Crippen molar-refractivity contribution in [2.75, 3.05) is 7.05 Å². The SMILES string of the molecule is CCC(CC)(NC)c1c[nH]c2ccccc12. The number of hydrogen-bond donors (Lipinski definition) is 2. The molecular formula is C14H20N2. The van der Waals surface area contributed by atoms with Crippen molar-refractivity contribution in [3.05, 3.63) is 36.0 Å². The first-order valence-corrected chi connectivity index (χ1v) is 6.03. The van der Waals surface area contributed by atoms with E-state index >= 15 is 0 Å². The van der Waals surface area contributed by atoms with Gasteiger partial charge in [-0.3, -0.25) is 0 Å². The molecule has 1 heterocycles. The van der Waals surface area contributed by atoms with Gasteiger partial charge in [0.15, 0.2) is 0 Å². The smallest absolute Gasteiger partial charge is 0.0457 e. The van der Waals surface area contributed by atoms with Gasteiger partial charge in [0.1, 0.15) is 0 Å². The molecule has 86 valence electrons. The van der Waals surface area contributed by atoms with Crippen molar-refractivity contribution in [2.45, 2.75) is 32.2 Å². The second kappa shape index (κ2) is 4.30. The van der Waals surface area contributed by atoms with Gasteiger partial charge in [-0.15, -0.1) is 0 Å². The maximum absolute atomic E-state index is 3.49. The van der Waals surface area contributed by atoms with Crippen LogP contribution in [0, 0.1) is 0 Å². The van der Waals surface area contributed by atoms with Gasteiger partial charge in [-0.25, -0.2) is 0 Å². The van der Waals surface area contributed by atoms with Gasteiger partial charge in [0.2, 0.25) is 0 Å². The Balaban J connectivity index is 2.61. The first-order valence-electron chi connectivity index (χ1n) is 6.03. The summed E-state index contributed by atoms with van der Waals surface area (Å²) in [5.74, 6) is 0. The molecule has 0 bridgehead atoms. The number of H-pyrrole nitrogens is 1. The van der Waals surface area contributed by atoms with Crippen LogP contribution in [-0.2, 0) is 5.54 Å². The van der Waals surface area contributed by atoms with Crippen LogP contribution in [0.15, 0.2) is 30.5 Å². The molecule has 1 aromatic heterocycles.